The molecule has 1 aliphatic heterocycles. The highest BCUT2D eigenvalue weighted by atomic mass is 16.5. The molecule has 1 amide bonds. The number of furan rings is 1. The molecule has 0 saturated carbocycles. The van der Waals surface area contributed by atoms with E-state index in [1.54, 1.807) is 30.3 Å². The fourth-order valence-electron chi connectivity index (χ4n) is 3.39. The van der Waals surface area contributed by atoms with Crippen LogP contribution in [0.25, 0.3) is 0 Å². The molecule has 7 nitrogen and oxygen atoms in total. The molecule has 1 fully saturated rings. The number of nitrogens with zero attached hydrogens (tertiary/aromatic N) is 1. The van der Waals surface area contributed by atoms with Gasteiger partial charge in [0.25, 0.3) is 5.91 Å². The van der Waals surface area contributed by atoms with E-state index in [4.69, 9.17) is 20.7 Å². The minimum atomic E-state index is -0.619. The number of aliphatic hydroxyl groups excluding tert-OH is 2. The second-order valence-electron chi connectivity index (χ2n) is 7.07. The Hall–Kier alpha value is -2.79. The summed E-state index contributed by atoms with van der Waals surface area (Å²) in [5, 5.41) is 22.6. The average molecular weight is 398 g/mol. The molecule has 1 aromatic carbocycles. The molecule has 2 aromatic rings. The number of terminal acetylenes is 1. The molecule has 154 valence electrons. The number of hydrogen-bond acceptors (Lipinski definition) is 6. The van der Waals surface area contributed by atoms with Crippen LogP contribution in [-0.2, 0) is 13.2 Å². The van der Waals surface area contributed by atoms with Crippen LogP contribution in [0.3, 0.4) is 0 Å². The third-order valence-corrected chi connectivity index (χ3v) is 4.90. The van der Waals surface area contributed by atoms with E-state index in [9.17, 15) is 9.90 Å². The van der Waals surface area contributed by atoms with Crippen molar-refractivity contribution in [3.05, 3.63) is 53.5 Å². The molecule has 3 rings (SSSR count). The van der Waals surface area contributed by atoms with Crippen molar-refractivity contribution >= 4 is 5.91 Å². The lowest BCUT2D eigenvalue weighted by molar-refractivity contribution is 0.0794. The molecule has 0 radical (unpaired) electrons. The number of ether oxygens (including phenoxy) is 1. The molecule has 2 unspecified atom stereocenters. The second-order valence-corrected chi connectivity index (χ2v) is 7.07. The molecule has 2 heterocycles. The standard InChI is InChI=1S/C22H26N2O5/c1-2-12-28-17-7-5-16(6-8-17)22(27)23-20-14-24(11-3-4-21(20)26)13-18-9-10-19(15-25)29-18/h1,5-10,20-21,25-26H,3-4,11-15H2,(H,23,27). The predicted molar refractivity (Wildman–Crippen MR) is 107 cm³/mol. The van der Waals surface area contributed by atoms with E-state index in [0.717, 1.165) is 18.7 Å². The van der Waals surface area contributed by atoms with Crippen molar-refractivity contribution in [2.24, 2.45) is 0 Å². The lowest BCUT2D eigenvalue weighted by atomic mass is 10.1. The van der Waals surface area contributed by atoms with E-state index < -0.39 is 12.1 Å². The SMILES string of the molecule is C#CCOc1ccc(C(=O)NC2CN(Cc3ccc(CO)o3)CCCC2O)cc1. The van der Waals surface area contributed by atoms with Gasteiger partial charge in [-0.2, -0.15) is 0 Å². The van der Waals surface area contributed by atoms with Crippen LogP contribution in [0.5, 0.6) is 5.75 Å². The molecule has 0 spiro atoms. The summed E-state index contributed by atoms with van der Waals surface area (Å²) >= 11 is 0. The number of benzene rings is 1. The van der Waals surface area contributed by atoms with E-state index in [-0.39, 0.29) is 19.1 Å². The van der Waals surface area contributed by atoms with Crippen molar-refractivity contribution in [2.45, 2.75) is 38.1 Å². The number of carbonyl (C=O) groups excluding carboxylic acids is 1. The maximum absolute atomic E-state index is 12.6. The molecule has 1 aromatic heterocycles. The Labute approximate surface area is 170 Å². The van der Waals surface area contributed by atoms with Gasteiger partial charge in [-0.15, -0.1) is 6.42 Å². The first kappa shape index (κ1) is 20.9. The van der Waals surface area contributed by atoms with Gasteiger partial charge in [-0.25, -0.2) is 0 Å². The van der Waals surface area contributed by atoms with Gasteiger partial charge in [0.05, 0.1) is 18.7 Å². The molecule has 29 heavy (non-hydrogen) atoms. The highest BCUT2D eigenvalue weighted by Crippen LogP contribution is 2.18. The zero-order valence-electron chi connectivity index (χ0n) is 16.2. The molecule has 0 aliphatic carbocycles. The van der Waals surface area contributed by atoms with E-state index in [1.807, 2.05) is 6.07 Å². The number of aliphatic hydroxyl groups is 2. The van der Waals surface area contributed by atoms with Crippen molar-refractivity contribution in [1.82, 2.24) is 10.2 Å². The maximum atomic E-state index is 12.6. The average Bonchev–Trinajstić information content (AvgIpc) is 3.12. The summed E-state index contributed by atoms with van der Waals surface area (Å²) in [5.74, 6) is 4.01. The van der Waals surface area contributed by atoms with Crippen LogP contribution in [-0.4, -0.2) is 52.9 Å². The van der Waals surface area contributed by atoms with E-state index in [1.165, 1.54) is 0 Å². The van der Waals surface area contributed by atoms with Crippen LogP contribution in [0.2, 0.25) is 0 Å². The van der Waals surface area contributed by atoms with Crippen molar-refractivity contribution in [2.75, 3.05) is 19.7 Å². The minimum absolute atomic E-state index is 0.135. The number of amides is 1. The van der Waals surface area contributed by atoms with E-state index >= 15 is 0 Å². The highest BCUT2D eigenvalue weighted by molar-refractivity contribution is 5.94. The highest BCUT2D eigenvalue weighted by Gasteiger charge is 2.27. The zero-order chi connectivity index (χ0) is 20.6. The summed E-state index contributed by atoms with van der Waals surface area (Å²) in [6, 6.07) is 9.91. The number of rotatable bonds is 7. The maximum Gasteiger partial charge on any atom is 0.251 e. The number of hydrogen-bond donors (Lipinski definition) is 3. The minimum Gasteiger partial charge on any atom is -0.481 e. The Morgan fingerprint density at radius 2 is 2.03 bits per heavy atom. The van der Waals surface area contributed by atoms with E-state index in [0.29, 0.717) is 36.6 Å². The lowest BCUT2D eigenvalue weighted by Gasteiger charge is -2.26. The summed E-state index contributed by atoms with van der Waals surface area (Å²) in [7, 11) is 0. The van der Waals surface area contributed by atoms with Crippen LogP contribution in [0.15, 0.2) is 40.8 Å². The van der Waals surface area contributed by atoms with Crippen molar-refractivity contribution < 1.29 is 24.2 Å². The Morgan fingerprint density at radius 1 is 1.28 bits per heavy atom. The number of nitrogens with one attached hydrogen (secondary N) is 1. The Balaban J connectivity index is 1.61. The first-order valence-electron chi connectivity index (χ1n) is 9.65. The van der Waals surface area contributed by atoms with Gasteiger partial charge in [0.1, 0.15) is 30.5 Å². The van der Waals surface area contributed by atoms with Crippen molar-refractivity contribution in [3.8, 4) is 18.1 Å². The summed E-state index contributed by atoms with van der Waals surface area (Å²) in [4.78, 5) is 14.8. The smallest absolute Gasteiger partial charge is 0.251 e. The molecule has 3 N–H and O–H groups in total. The van der Waals surface area contributed by atoms with Crippen molar-refractivity contribution in [1.29, 1.82) is 0 Å². The van der Waals surface area contributed by atoms with Crippen LogP contribution in [0.4, 0.5) is 0 Å². The first-order chi connectivity index (χ1) is 14.1. The predicted octanol–water partition coefficient (Wildman–Crippen LogP) is 1.54. The summed E-state index contributed by atoms with van der Waals surface area (Å²) in [6.45, 7) is 1.89. The molecule has 1 saturated heterocycles. The third kappa shape index (κ3) is 5.84. The first-order valence-corrected chi connectivity index (χ1v) is 9.65. The summed E-state index contributed by atoms with van der Waals surface area (Å²) in [5.41, 5.74) is 0.486. The monoisotopic (exact) mass is 398 g/mol. The normalized spacial score (nSPS) is 19.9. The second kappa shape index (κ2) is 10.1. The van der Waals surface area contributed by atoms with Gasteiger partial charge in [0.2, 0.25) is 0 Å². The summed E-state index contributed by atoms with van der Waals surface area (Å²) in [6.07, 6.45) is 5.98. The van der Waals surface area contributed by atoms with Gasteiger partial charge in [-0.05, 0) is 55.8 Å². The fourth-order valence-corrected chi connectivity index (χ4v) is 3.39. The van der Waals surface area contributed by atoms with Gasteiger partial charge in [0, 0.05) is 12.1 Å². The molecule has 2 atom stereocenters. The third-order valence-electron chi connectivity index (χ3n) is 4.90. The van der Waals surface area contributed by atoms with Crippen molar-refractivity contribution in [3.63, 3.8) is 0 Å². The largest absolute Gasteiger partial charge is 0.481 e. The van der Waals surface area contributed by atoms with Crippen LogP contribution >= 0.6 is 0 Å². The molecule has 7 heteroatoms. The summed E-state index contributed by atoms with van der Waals surface area (Å²) < 4.78 is 10.9. The Kier molecular flexibility index (Phi) is 7.30. The van der Waals surface area contributed by atoms with Crippen LogP contribution < -0.4 is 10.1 Å². The molecule has 0 bridgehead atoms. The fraction of sp³-hybridized carbons (Fsp3) is 0.409. The van der Waals surface area contributed by atoms with Gasteiger partial charge in [0.15, 0.2) is 0 Å². The number of carbonyl (C=O) groups is 1. The zero-order valence-corrected chi connectivity index (χ0v) is 16.2. The Morgan fingerprint density at radius 3 is 2.72 bits per heavy atom. The van der Waals surface area contributed by atoms with Gasteiger partial charge in [-0.1, -0.05) is 5.92 Å². The Bertz CT molecular complexity index is 840. The molecule has 1 aliphatic rings. The van der Waals surface area contributed by atoms with Crippen LogP contribution in [0, 0.1) is 12.3 Å². The van der Waals surface area contributed by atoms with Gasteiger partial charge >= 0.3 is 0 Å². The van der Waals surface area contributed by atoms with E-state index in [2.05, 4.69) is 16.1 Å². The van der Waals surface area contributed by atoms with Gasteiger partial charge < -0.3 is 24.7 Å². The van der Waals surface area contributed by atoms with Gasteiger partial charge in [-0.3, -0.25) is 9.69 Å². The number of likely N-dealkylation sites (tertiary alicyclic amines) is 1. The van der Waals surface area contributed by atoms with Crippen LogP contribution in [0.1, 0.15) is 34.7 Å². The quantitative estimate of drug-likeness (QED) is 0.613. The lowest BCUT2D eigenvalue weighted by Crippen LogP contribution is -2.48. The topological polar surface area (TPSA) is 95.2 Å². The molecular formula is C22H26N2O5. The molecular weight excluding hydrogens is 372 g/mol.